The van der Waals surface area contributed by atoms with Crippen molar-refractivity contribution in [2.75, 3.05) is 11.1 Å². The monoisotopic (exact) mass is 246 g/mol. The summed E-state index contributed by atoms with van der Waals surface area (Å²) in [5.74, 6) is 0. The van der Waals surface area contributed by atoms with E-state index in [1.165, 1.54) is 16.8 Å². The quantitative estimate of drug-likeness (QED) is 0.808. The number of rotatable bonds is 4. The van der Waals surface area contributed by atoms with Gasteiger partial charge in [0.05, 0.1) is 0 Å². The molecule has 2 nitrogen and oxygen atoms in total. The predicted molar refractivity (Wildman–Crippen MR) is 76.7 cm³/mol. The molecule has 0 radical (unpaired) electrons. The zero-order valence-corrected chi connectivity index (χ0v) is 11.1. The van der Waals surface area contributed by atoms with Gasteiger partial charge in [0.2, 0.25) is 0 Å². The Balaban J connectivity index is 2.00. The first-order valence-corrected chi connectivity index (χ1v) is 6.73. The summed E-state index contributed by atoms with van der Waals surface area (Å²) < 4.78 is 0. The third-order valence-corrected chi connectivity index (χ3v) is 3.51. The fraction of sp³-hybridized carbons (Fsp3) is 0.286. The maximum atomic E-state index is 5.74. The lowest BCUT2D eigenvalue weighted by Gasteiger charge is -2.16. The minimum atomic E-state index is 0.423. The van der Waals surface area contributed by atoms with Gasteiger partial charge in [0.1, 0.15) is 0 Å². The highest BCUT2D eigenvalue weighted by molar-refractivity contribution is 7.07. The number of anilines is 2. The summed E-state index contributed by atoms with van der Waals surface area (Å²) in [7, 11) is 0. The van der Waals surface area contributed by atoms with Gasteiger partial charge in [-0.2, -0.15) is 11.3 Å². The number of nitrogens with one attached hydrogen (secondary N) is 1. The van der Waals surface area contributed by atoms with Gasteiger partial charge in [-0.05, 0) is 66.4 Å². The first-order chi connectivity index (χ1) is 8.15. The van der Waals surface area contributed by atoms with Crippen molar-refractivity contribution < 1.29 is 0 Å². The number of benzene rings is 1. The van der Waals surface area contributed by atoms with Gasteiger partial charge in [-0.25, -0.2) is 0 Å². The van der Waals surface area contributed by atoms with Crippen molar-refractivity contribution in [2.24, 2.45) is 0 Å². The third kappa shape index (κ3) is 3.24. The fourth-order valence-corrected chi connectivity index (χ4v) is 2.61. The summed E-state index contributed by atoms with van der Waals surface area (Å²) in [5.41, 5.74) is 10.3. The number of thiophene rings is 1. The van der Waals surface area contributed by atoms with Crippen molar-refractivity contribution in [1.29, 1.82) is 0 Å². The lowest BCUT2D eigenvalue weighted by Crippen LogP contribution is -2.18. The van der Waals surface area contributed by atoms with Gasteiger partial charge in [0.15, 0.2) is 0 Å². The van der Waals surface area contributed by atoms with Crippen molar-refractivity contribution in [1.82, 2.24) is 0 Å². The molecule has 2 aromatic rings. The molecule has 0 saturated carbocycles. The molecule has 0 aliphatic rings. The smallest absolute Gasteiger partial charge is 0.0373 e. The first-order valence-electron chi connectivity index (χ1n) is 5.79. The minimum absolute atomic E-state index is 0.423. The minimum Gasteiger partial charge on any atom is -0.399 e. The Labute approximate surface area is 106 Å². The summed E-state index contributed by atoms with van der Waals surface area (Å²) >= 11 is 1.75. The van der Waals surface area contributed by atoms with Crippen LogP contribution in [0.4, 0.5) is 11.4 Å². The molecule has 0 aliphatic heterocycles. The van der Waals surface area contributed by atoms with E-state index in [-0.39, 0.29) is 0 Å². The van der Waals surface area contributed by atoms with Crippen molar-refractivity contribution in [2.45, 2.75) is 26.3 Å². The van der Waals surface area contributed by atoms with Crippen LogP contribution in [-0.2, 0) is 6.42 Å². The maximum absolute atomic E-state index is 5.74. The molecule has 90 valence electrons. The van der Waals surface area contributed by atoms with Crippen LogP contribution in [0.2, 0.25) is 0 Å². The summed E-state index contributed by atoms with van der Waals surface area (Å²) in [6, 6.07) is 8.59. The summed E-state index contributed by atoms with van der Waals surface area (Å²) in [5, 5.41) is 7.85. The number of hydrogen-bond donors (Lipinski definition) is 2. The van der Waals surface area contributed by atoms with Gasteiger partial charge in [0, 0.05) is 17.4 Å². The Hall–Kier alpha value is -1.48. The van der Waals surface area contributed by atoms with E-state index >= 15 is 0 Å². The average molecular weight is 246 g/mol. The molecule has 0 saturated heterocycles. The van der Waals surface area contributed by atoms with Crippen LogP contribution in [0.25, 0.3) is 0 Å². The zero-order valence-electron chi connectivity index (χ0n) is 10.2. The van der Waals surface area contributed by atoms with Crippen LogP contribution < -0.4 is 11.1 Å². The van der Waals surface area contributed by atoms with Gasteiger partial charge in [-0.1, -0.05) is 0 Å². The van der Waals surface area contributed by atoms with Gasteiger partial charge in [-0.3, -0.25) is 0 Å². The lowest BCUT2D eigenvalue weighted by molar-refractivity contribution is 0.791. The standard InChI is InChI=1S/C14H18N2S/c1-10-7-13(15)3-4-14(10)16-11(2)8-12-5-6-17-9-12/h3-7,9,11,16H,8,15H2,1-2H3. The van der Waals surface area contributed by atoms with Crippen LogP contribution in [0, 0.1) is 6.92 Å². The first kappa shape index (κ1) is 12.0. The molecule has 1 atom stereocenters. The maximum Gasteiger partial charge on any atom is 0.0373 e. The van der Waals surface area contributed by atoms with Crippen LogP contribution in [0.3, 0.4) is 0 Å². The molecular formula is C14H18N2S. The normalized spacial score (nSPS) is 12.4. The second-order valence-electron chi connectivity index (χ2n) is 4.46. The largest absolute Gasteiger partial charge is 0.399 e. The van der Waals surface area contributed by atoms with Crippen LogP contribution >= 0.6 is 11.3 Å². The molecule has 0 fully saturated rings. The molecule has 1 aromatic carbocycles. The van der Waals surface area contributed by atoms with E-state index in [1.807, 2.05) is 12.1 Å². The van der Waals surface area contributed by atoms with Crippen molar-refractivity contribution in [3.05, 3.63) is 46.2 Å². The second kappa shape index (κ2) is 5.23. The number of nitrogen functional groups attached to an aromatic ring is 1. The van der Waals surface area contributed by atoms with Crippen LogP contribution in [0.1, 0.15) is 18.1 Å². The molecular weight excluding hydrogens is 228 g/mol. The number of aryl methyl sites for hydroxylation is 1. The molecule has 2 rings (SSSR count). The van der Waals surface area contributed by atoms with Gasteiger partial charge >= 0.3 is 0 Å². The third-order valence-electron chi connectivity index (χ3n) is 2.77. The molecule has 1 heterocycles. The summed E-state index contributed by atoms with van der Waals surface area (Å²) in [6.45, 7) is 4.28. The van der Waals surface area contributed by atoms with E-state index in [0.717, 1.165) is 12.1 Å². The Kier molecular flexibility index (Phi) is 3.69. The molecule has 17 heavy (non-hydrogen) atoms. The van der Waals surface area contributed by atoms with Crippen molar-refractivity contribution in [3.8, 4) is 0 Å². The Bertz CT molecular complexity index is 477. The van der Waals surface area contributed by atoms with E-state index in [0.29, 0.717) is 6.04 Å². The van der Waals surface area contributed by atoms with Gasteiger partial charge in [0.25, 0.3) is 0 Å². The van der Waals surface area contributed by atoms with E-state index in [4.69, 9.17) is 5.73 Å². The highest BCUT2D eigenvalue weighted by atomic mass is 32.1. The average Bonchev–Trinajstić information content (AvgIpc) is 2.75. The van der Waals surface area contributed by atoms with Gasteiger partial charge in [-0.15, -0.1) is 0 Å². The molecule has 0 aliphatic carbocycles. The fourth-order valence-electron chi connectivity index (χ4n) is 1.93. The predicted octanol–water partition coefficient (Wildman–Crippen LogP) is 3.68. The number of nitrogens with two attached hydrogens (primary N) is 1. The summed E-state index contributed by atoms with van der Waals surface area (Å²) in [6.07, 6.45) is 1.05. The van der Waals surface area contributed by atoms with Crippen LogP contribution in [0.15, 0.2) is 35.0 Å². The van der Waals surface area contributed by atoms with E-state index in [9.17, 15) is 0 Å². The van der Waals surface area contributed by atoms with E-state index in [2.05, 4.69) is 42.1 Å². The second-order valence-corrected chi connectivity index (χ2v) is 5.24. The Morgan fingerprint density at radius 2 is 2.18 bits per heavy atom. The number of hydrogen-bond acceptors (Lipinski definition) is 3. The highest BCUT2D eigenvalue weighted by Crippen LogP contribution is 2.19. The van der Waals surface area contributed by atoms with E-state index < -0.39 is 0 Å². The SMILES string of the molecule is Cc1cc(N)ccc1NC(C)Cc1ccsc1. The zero-order chi connectivity index (χ0) is 12.3. The molecule has 0 amide bonds. The van der Waals surface area contributed by atoms with Crippen molar-refractivity contribution >= 4 is 22.7 Å². The molecule has 3 heteroatoms. The Morgan fingerprint density at radius 1 is 1.35 bits per heavy atom. The molecule has 3 N–H and O–H groups in total. The van der Waals surface area contributed by atoms with Gasteiger partial charge < -0.3 is 11.1 Å². The van der Waals surface area contributed by atoms with Crippen LogP contribution in [-0.4, -0.2) is 6.04 Å². The Morgan fingerprint density at radius 3 is 2.82 bits per heavy atom. The molecule has 0 spiro atoms. The highest BCUT2D eigenvalue weighted by Gasteiger charge is 2.05. The molecule has 1 unspecified atom stereocenters. The van der Waals surface area contributed by atoms with Crippen molar-refractivity contribution in [3.63, 3.8) is 0 Å². The topological polar surface area (TPSA) is 38.0 Å². The lowest BCUT2D eigenvalue weighted by atomic mass is 10.1. The van der Waals surface area contributed by atoms with Crippen LogP contribution in [0.5, 0.6) is 0 Å². The molecule has 0 bridgehead atoms. The molecule has 1 aromatic heterocycles. The van der Waals surface area contributed by atoms with E-state index in [1.54, 1.807) is 11.3 Å². The summed E-state index contributed by atoms with van der Waals surface area (Å²) in [4.78, 5) is 0.